The van der Waals surface area contributed by atoms with Crippen LogP contribution in [0.1, 0.15) is 16.1 Å². The lowest BCUT2D eigenvalue weighted by Gasteiger charge is -2.34. The van der Waals surface area contributed by atoms with E-state index < -0.39 is 0 Å². The Balaban J connectivity index is 1.55. The summed E-state index contributed by atoms with van der Waals surface area (Å²) in [7, 11) is 1.45. The number of nitrogens with one attached hydrogen (secondary N) is 1. The molecule has 1 aromatic carbocycles. The fraction of sp³-hybridized carbons (Fsp3) is 0.400. The lowest BCUT2D eigenvalue weighted by atomic mass is 10.1. The number of aromatic amines is 1. The normalized spacial score (nSPS) is 15.7. The summed E-state index contributed by atoms with van der Waals surface area (Å²) in [6.07, 6.45) is 1.43. The molecule has 2 aromatic rings. The van der Waals surface area contributed by atoms with E-state index in [2.05, 4.69) is 20.3 Å². The Morgan fingerprint density at radius 3 is 2.74 bits per heavy atom. The Hall–Kier alpha value is -2.48. The molecule has 0 bridgehead atoms. The fourth-order valence-corrected chi connectivity index (χ4v) is 2.64. The summed E-state index contributed by atoms with van der Waals surface area (Å²) < 4.78 is 18.6. The van der Waals surface area contributed by atoms with Crippen molar-refractivity contribution in [3.8, 4) is 5.75 Å². The van der Waals surface area contributed by atoms with Gasteiger partial charge in [0.1, 0.15) is 0 Å². The quantitative estimate of drug-likeness (QED) is 0.907. The molecule has 3 rings (SSSR count). The van der Waals surface area contributed by atoms with Gasteiger partial charge in [0, 0.05) is 32.7 Å². The van der Waals surface area contributed by atoms with Gasteiger partial charge in [0.15, 0.2) is 17.3 Å². The second kappa shape index (κ2) is 6.74. The maximum atomic E-state index is 13.7. The zero-order valence-electron chi connectivity index (χ0n) is 12.8. The van der Waals surface area contributed by atoms with E-state index in [0.29, 0.717) is 25.3 Å². The highest BCUT2D eigenvalue weighted by molar-refractivity contribution is 5.91. The lowest BCUT2D eigenvalue weighted by Crippen LogP contribution is -2.48. The van der Waals surface area contributed by atoms with Gasteiger partial charge in [-0.05, 0) is 17.7 Å². The van der Waals surface area contributed by atoms with Crippen LogP contribution < -0.4 is 4.74 Å². The zero-order valence-corrected chi connectivity index (χ0v) is 12.8. The number of H-pyrrole nitrogens is 1. The average molecular weight is 319 g/mol. The number of aromatic nitrogens is 3. The van der Waals surface area contributed by atoms with Crippen LogP contribution in [-0.2, 0) is 6.54 Å². The number of carbonyl (C=O) groups excluding carboxylic acids is 1. The first-order valence-corrected chi connectivity index (χ1v) is 7.37. The highest BCUT2D eigenvalue weighted by Crippen LogP contribution is 2.19. The maximum absolute atomic E-state index is 13.7. The van der Waals surface area contributed by atoms with Gasteiger partial charge in [0.2, 0.25) is 0 Å². The van der Waals surface area contributed by atoms with Crippen LogP contribution in [-0.4, -0.2) is 64.4 Å². The molecule has 2 heterocycles. The molecule has 122 valence electrons. The van der Waals surface area contributed by atoms with E-state index in [9.17, 15) is 9.18 Å². The predicted octanol–water partition coefficient (Wildman–Crippen LogP) is 0.910. The Morgan fingerprint density at radius 2 is 2.13 bits per heavy atom. The smallest absolute Gasteiger partial charge is 0.276 e. The molecule has 0 spiro atoms. The van der Waals surface area contributed by atoms with Crippen LogP contribution in [0.5, 0.6) is 5.75 Å². The van der Waals surface area contributed by atoms with Crippen LogP contribution in [0.25, 0.3) is 0 Å². The Bertz CT molecular complexity index is 669. The highest BCUT2D eigenvalue weighted by atomic mass is 19.1. The third-order valence-corrected chi connectivity index (χ3v) is 3.92. The van der Waals surface area contributed by atoms with Gasteiger partial charge in [0.05, 0.1) is 13.3 Å². The number of halogens is 1. The van der Waals surface area contributed by atoms with E-state index in [0.717, 1.165) is 18.7 Å². The molecule has 0 saturated carbocycles. The van der Waals surface area contributed by atoms with Crippen LogP contribution >= 0.6 is 0 Å². The van der Waals surface area contributed by atoms with Crippen molar-refractivity contribution in [2.24, 2.45) is 0 Å². The Labute approximate surface area is 133 Å². The van der Waals surface area contributed by atoms with E-state index in [4.69, 9.17) is 4.74 Å². The molecule has 0 radical (unpaired) electrons. The number of hydrogen-bond donors (Lipinski definition) is 1. The van der Waals surface area contributed by atoms with Gasteiger partial charge in [-0.25, -0.2) is 4.39 Å². The van der Waals surface area contributed by atoms with Gasteiger partial charge in [-0.3, -0.25) is 9.69 Å². The summed E-state index contributed by atoms with van der Waals surface area (Å²) in [5, 5.41) is 9.90. The number of carbonyl (C=O) groups is 1. The van der Waals surface area contributed by atoms with Gasteiger partial charge in [-0.15, -0.1) is 0 Å². The van der Waals surface area contributed by atoms with Crippen molar-refractivity contribution in [1.82, 2.24) is 25.2 Å². The molecule has 1 fully saturated rings. The number of nitrogens with zero attached hydrogens (tertiary/aromatic N) is 4. The lowest BCUT2D eigenvalue weighted by molar-refractivity contribution is 0.0622. The molecule has 7 nitrogen and oxygen atoms in total. The van der Waals surface area contributed by atoms with Crippen LogP contribution in [0.3, 0.4) is 0 Å². The Morgan fingerprint density at radius 1 is 1.35 bits per heavy atom. The number of ether oxygens (including phenoxy) is 1. The summed E-state index contributed by atoms with van der Waals surface area (Å²) >= 11 is 0. The van der Waals surface area contributed by atoms with E-state index in [1.165, 1.54) is 19.4 Å². The van der Waals surface area contributed by atoms with Crippen molar-refractivity contribution in [2.75, 3.05) is 33.3 Å². The van der Waals surface area contributed by atoms with Crippen molar-refractivity contribution in [3.63, 3.8) is 0 Å². The third kappa shape index (κ3) is 3.48. The minimum Gasteiger partial charge on any atom is -0.494 e. The predicted molar refractivity (Wildman–Crippen MR) is 80.5 cm³/mol. The van der Waals surface area contributed by atoms with Crippen LogP contribution in [0.15, 0.2) is 24.4 Å². The van der Waals surface area contributed by atoms with Crippen molar-refractivity contribution in [1.29, 1.82) is 0 Å². The van der Waals surface area contributed by atoms with E-state index >= 15 is 0 Å². The van der Waals surface area contributed by atoms with E-state index in [-0.39, 0.29) is 17.5 Å². The van der Waals surface area contributed by atoms with Crippen molar-refractivity contribution in [2.45, 2.75) is 6.54 Å². The number of hydrogen-bond acceptors (Lipinski definition) is 5. The van der Waals surface area contributed by atoms with Crippen molar-refractivity contribution < 1.29 is 13.9 Å². The molecule has 23 heavy (non-hydrogen) atoms. The zero-order chi connectivity index (χ0) is 16.2. The van der Waals surface area contributed by atoms with Gasteiger partial charge in [-0.1, -0.05) is 6.07 Å². The molecule has 0 aliphatic carbocycles. The molecule has 1 aliphatic rings. The molecule has 1 saturated heterocycles. The van der Waals surface area contributed by atoms with Gasteiger partial charge >= 0.3 is 0 Å². The molecule has 0 unspecified atom stereocenters. The molecule has 1 amide bonds. The number of amides is 1. The van der Waals surface area contributed by atoms with E-state index in [1.54, 1.807) is 11.0 Å². The van der Waals surface area contributed by atoms with E-state index in [1.807, 2.05) is 6.07 Å². The highest BCUT2D eigenvalue weighted by Gasteiger charge is 2.23. The summed E-state index contributed by atoms with van der Waals surface area (Å²) in [5.74, 6) is -0.226. The molecule has 1 N–H and O–H groups in total. The van der Waals surface area contributed by atoms with Gasteiger partial charge in [-0.2, -0.15) is 15.4 Å². The second-order valence-corrected chi connectivity index (χ2v) is 5.39. The minimum atomic E-state index is -0.357. The topological polar surface area (TPSA) is 74.3 Å². The molecular formula is C15H18FN5O2. The molecular weight excluding hydrogens is 301 g/mol. The summed E-state index contributed by atoms with van der Waals surface area (Å²) in [5.41, 5.74) is 1.22. The maximum Gasteiger partial charge on any atom is 0.276 e. The van der Waals surface area contributed by atoms with Crippen LogP contribution in [0.2, 0.25) is 0 Å². The molecule has 1 aliphatic heterocycles. The number of rotatable bonds is 4. The van der Waals surface area contributed by atoms with Crippen molar-refractivity contribution >= 4 is 5.91 Å². The van der Waals surface area contributed by atoms with Crippen LogP contribution in [0.4, 0.5) is 4.39 Å². The number of benzene rings is 1. The summed E-state index contributed by atoms with van der Waals surface area (Å²) in [6, 6.07) is 4.98. The number of methoxy groups -OCH3 is 1. The van der Waals surface area contributed by atoms with Crippen LogP contribution in [0, 0.1) is 5.82 Å². The number of piperazine rings is 1. The van der Waals surface area contributed by atoms with Gasteiger partial charge in [0.25, 0.3) is 5.91 Å². The van der Waals surface area contributed by atoms with Crippen molar-refractivity contribution in [3.05, 3.63) is 41.5 Å². The first-order valence-electron chi connectivity index (χ1n) is 7.37. The fourth-order valence-electron chi connectivity index (χ4n) is 2.64. The third-order valence-electron chi connectivity index (χ3n) is 3.92. The second-order valence-electron chi connectivity index (χ2n) is 5.39. The molecule has 0 atom stereocenters. The standard InChI is InChI=1S/C15H18FN5O2/c1-23-14-3-2-11(8-12(14)16)10-20-4-6-21(7-5-20)15(22)13-9-17-19-18-13/h2-3,8-9H,4-7,10H2,1H3,(H,17,18,19). The average Bonchev–Trinajstić information content (AvgIpc) is 3.09. The molecule has 1 aromatic heterocycles. The monoisotopic (exact) mass is 319 g/mol. The molecule has 8 heteroatoms. The largest absolute Gasteiger partial charge is 0.494 e. The first kappa shape index (κ1) is 15.4. The summed E-state index contributed by atoms with van der Waals surface area (Å²) in [4.78, 5) is 16.1. The minimum absolute atomic E-state index is 0.117. The van der Waals surface area contributed by atoms with Gasteiger partial charge < -0.3 is 9.64 Å². The SMILES string of the molecule is COc1ccc(CN2CCN(C(=O)c3cn[nH]n3)CC2)cc1F. The first-order chi connectivity index (χ1) is 11.2. The Kier molecular flexibility index (Phi) is 4.52. The summed E-state index contributed by atoms with van der Waals surface area (Å²) in [6.45, 7) is 3.34.